The minimum Gasteiger partial charge on any atom is -0.468 e. The van der Waals surface area contributed by atoms with Gasteiger partial charge in [-0.15, -0.1) is 0 Å². The number of benzene rings is 1. The number of hydrogen-bond acceptors (Lipinski definition) is 5. The molecule has 0 saturated heterocycles. The second kappa shape index (κ2) is 9.92. The third-order valence-corrected chi connectivity index (χ3v) is 6.11. The third kappa shape index (κ3) is 4.58. The highest BCUT2D eigenvalue weighted by atomic mass is 35.5. The monoisotopic (exact) mass is 427 g/mol. The molecule has 1 unspecified atom stereocenters. The topological polar surface area (TPSA) is 77.6 Å². The normalized spacial score (nSPS) is 18.9. The molecular weight excluding hydrogens is 402 g/mol. The SMILES string of the molecule is CN(C(=O)CN(CCC#N)Cc1ccco1)C1(c2ccccc2Cl)CCCCC1=O. The number of nitrogens with zero attached hydrogens (tertiary/aromatic N) is 3. The van der Waals surface area contributed by atoms with Gasteiger partial charge in [0, 0.05) is 37.0 Å². The molecule has 158 valence electrons. The predicted molar refractivity (Wildman–Crippen MR) is 114 cm³/mol. The fraction of sp³-hybridized carbons (Fsp3) is 0.435. The second-order valence-electron chi connectivity index (χ2n) is 7.62. The van der Waals surface area contributed by atoms with Crippen LogP contribution in [0.15, 0.2) is 47.1 Å². The molecule has 7 heteroatoms. The maximum absolute atomic E-state index is 13.4. The summed E-state index contributed by atoms with van der Waals surface area (Å²) in [6.07, 6.45) is 4.52. The average molecular weight is 428 g/mol. The van der Waals surface area contributed by atoms with Crippen LogP contribution in [0.1, 0.15) is 43.4 Å². The maximum atomic E-state index is 13.4. The molecule has 1 aliphatic carbocycles. The first kappa shape index (κ1) is 22.1. The molecular formula is C23H26ClN3O3. The van der Waals surface area contributed by atoms with Crippen molar-refractivity contribution >= 4 is 23.3 Å². The standard InChI is InChI=1S/C23H26ClN3O3/c1-26(22(29)17-27(14-7-13-25)16-18-8-6-15-30-18)23(12-5-4-11-21(23)28)19-9-2-3-10-20(19)24/h2-3,6,8-10,15H,4-5,7,11-12,14,16-17H2,1H3. The van der Waals surface area contributed by atoms with E-state index in [4.69, 9.17) is 21.3 Å². The molecule has 0 spiro atoms. The molecule has 0 bridgehead atoms. The lowest BCUT2D eigenvalue weighted by Gasteiger charge is -2.44. The number of ketones is 1. The Hall–Kier alpha value is -2.62. The summed E-state index contributed by atoms with van der Waals surface area (Å²) in [7, 11) is 1.68. The number of Topliss-reactive ketones (excluding diaryl/α,β-unsaturated/α-hetero) is 1. The molecule has 0 radical (unpaired) electrons. The molecule has 3 rings (SSSR count). The molecule has 0 aliphatic heterocycles. The van der Waals surface area contributed by atoms with Crippen molar-refractivity contribution in [2.24, 2.45) is 0 Å². The van der Waals surface area contributed by atoms with Crippen molar-refractivity contribution in [2.45, 2.75) is 44.2 Å². The first-order valence-corrected chi connectivity index (χ1v) is 10.5. The average Bonchev–Trinajstić information content (AvgIpc) is 3.25. The van der Waals surface area contributed by atoms with Crippen LogP contribution in [0, 0.1) is 11.3 Å². The zero-order valence-corrected chi connectivity index (χ0v) is 17.9. The Balaban J connectivity index is 1.87. The molecule has 1 fully saturated rings. The van der Waals surface area contributed by atoms with Crippen molar-refractivity contribution in [3.05, 3.63) is 59.0 Å². The molecule has 1 heterocycles. The van der Waals surface area contributed by atoms with E-state index in [9.17, 15) is 9.59 Å². The van der Waals surface area contributed by atoms with Gasteiger partial charge < -0.3 is 9.32 Å². The molecule has 1 atom stereocenters. The number of hydrogen-bond donors (Lipinski definition) is 0. The number of nitriles is 1. The van der Waals surface area contributed by atoms with E-state index in [1.807, 2.05) is 29.2 Å². The lowest BCUT2D eigenvalue weighted by molar-refractivity contribution is -0.148. The van der Waals surface area contributed by atoms with Crippen LogP contribution in [-0.4, -0.2) is 41.6 Å². The fourth-order valence-corrected chi connectivity index (χ4v) is 4.48. The molecule has 1 saturated carbocycles. The van der Waals surface area contributed by atoms with Gasteiger partial charge >= 0.3 is 0 Å². The summed E-state index contributed by atoms with van der Waals surface area (Å²) in [6.45, 7) is 0.934. The Morgan fingerprint density at radius 1 is 1.27 bits per heavy atom. The molecule has 0 N–H and O–H groups in total. The Morgan fingerprint density at radius 3 is 2.73 bits per heavy atom. The minimum absolute atomic E-state index is 0.0207. The van der Waals surface area contributed by atoms with E-state index in [0.29, 0.717) is 42.9 Å². The zero-order chi connectivity index (χ0) is 21.6. The van der Waals surface area contributed by atoms with E-state index in [-0.39, 0.29) is 18.2 Å². The number of carbonyl (C=O) groups excluding carboxylic acids is 2. The third-order valence-electron chi connectivity index (χ3n) is 5.78. The largest absolute Gasteiger partial charge is 0.468 e. The number of rotatable bonds is 8. The van der Waals surface area contributed by atoms with Crippen LogP contribution < -0.4 is 0 Å². The number of amides is 1. The summed E-state index contributed by atoms with van der Waals surface area (Å²) in [5.41, 5.74) is -0.374. The summed E-state index contributed by atoms with van der Waals surface area (Å²) < 4.78 is 5.40. The van der Waals surface area contributed by atoms with Crippen molar-refractivity contribution < 1.29 is 14.0 Å². The molecule has 1 aromatic carbocycles. The summed E-state index contributed by atoms with van der Waals surface area (Å²) in [5.74, 6) is 0.555. The lowest BCUT2D eigenvalue weighted by atomic mass is 9.74. The van der Waals surface area contributed by atoms with Gasteiger partial charge in [-0.3, -0.25) is 14.5 Å². The van der Waals surface area contributed by atoms with Crippen LogP contribution in [0.5, 0.6) is 0 Å². The van der Waals surface area contributed by atoms with Crippen molar-refractivity contribution in [1.82, 2.24) is 9.80 Å². The lowest BCUT2D eigenvalue weighted by Crippen LogP contribution is -2.56. The van der Waals surface area contributed by atoms with E-state index in [1.54, 1.807) is 30.3 Å². The van der Waals surface area contributed by atoms with Gasteiger partial charge in [-0.05, 0) is 37.5 Å². The van der Waals surface area contributed by atoms with E-state index >= 15 is 0 Å². The van der Waals surface area contributed by atoms with E-state index in [2.05, 4.69) is 6.07 Å². The Bertz CT molecular complexity index is 922. The smallest absolute Gasteiger partial charge is 0.237 e. The van der Waals surface area contributed by atoms with Gasteiger partial charge in [0.25, 0.3) is 0 Å². The predicted octanol–water partition coefficient (Wildman–Crippen LogP) is 4.15. The maximum Gasteiger partial charge on any atom is 0.237 e. The molecule has 2 aromatic rings. The van der Waals surface area contributed by atoms with Crippen LogP contribution in [0.25, 0.3) is 0 Å². The quantitative estimate of drug-likeness (QED) is 0.632. The first-order valence-electron chi connectivity index (χ1n) is 10.2. The van der Waals surface area contributed by atoms with Crippen LogP contribution in [0.4, 0.5) is 0 Å². The summed E-state index contributed by atoms with van der Waals surface area (Å²) in [4.78, 5) is 30.0. The van der Waals surface area contributed by atoms with Gasteiger partial charge in [0.05, 0.1) is 25.4 Å². The van der Waals surface area contributed by atoms with Gasteiger partial charge in [0.15, 0.2) is 5.78 Å². The van der Waals surface area contributed by atoms with Gasteiger partial charge in [-0.2, -0.15) is 5.26 Å². The van der Waals surface area contributed by atoms with Crippen LogP contribution in [0.2, 0.25) is 5.02 Å². The molecule has 30 heavy (non-hydrogen) atoms. The highest BCUT2D eigenvalue weighted by molar-refractivity contribution is 6.31. The highest BCUT2D eigenvalue weighted by Crippen LogP contribution is 2.42. The van der Waals surface area contributed by atoms with Crippen LogP contribution in [0.3, 0.4) is 0 Å². The van der Waals surface area contributed by atoms with Crippen LogP contribution >= 0.6 is 11.6 Å². The number of furan rings is 1. The Labute approximate surface area is 182 Å². The van der Waals surface area contributed by atoms with Crippen molar-refractivity contribution in [2.75, 3.05) is 20.1 Å². The van der Waals surface area contributed by atoms with Crippen LogP contribution in [-0.2, 0) is 21.7 Å². The number of halogens is 1. The zero-order valence-electron chi connectivity index (χ0n) is 17.1. The first-order chi connectivity index (χ1) is 14.5. The Morgan fingerprint density at radius 2 is 2.07 bits per heavy atom. The molecule has 1 aliphatic rings. The highest BCUT2D eigenvalue weighted by Gasteiger charge is 2.47. The fourth-order valence-electron chi connectivity index (χ4n) is 4.18. The minimum atomic E-state index is -1.06. The van der Waals surface area contributed by atoms with E-state index in [0.717, 1.165) is 18.6 Å². The summed E-state index contributed by atoms with van der Waals surface area (Å²) in [6, 6.07) is 13.0. The van der Waals surface area contributed by atoms with Crippen molar-refractivity contribution in [1.29, 1.82) is 5.26 Å². The number of likely N-dealkylation sites (N-methyl/N-ethyl adjacent to an activating group) is 1. The summed E-state index contributed by atoms with van der Waals surface area (Å²) in [5, 5.41) is 9.48. The van der Waals surface area contributed by atoms with Crippen molar-refractivity contribution in [3.8, 4) is 6.07 Å². The summed E-state index contributed by atoms with van der Waals surface area (Å²) >= 11 is 6.48. The van der Waals surface area contributed by atoms with Gasteiger partial charge in [0.2, 0.25) is 5.91 Å². The van der Waals surface area contributed by atoms with Gasteiger partial charge in [-0.1, -0.05) is 29.8 Å². The van der Waals surface area contributed by atoms with Crippen molar-refractivity contribution in [3.63, 3.8) is 0 Å². The molecule has 1 amide bonds. The van der Waals surface area contributed by atoms with Gasteiger partial charge in [0.1, 0.15) is 11.3 Å². The molecule has 6 nitrogen and oxygen atoms in total. The van der Waals surface area contributed by atoms with Gasteiger partial charge in [-0.25, -0.2) is 0 Å². The molecule has 1 aromatic heterocycles. The Kier molecular flexibility index (Phi) is 7.30. The van der Waals surface area contributed by atoms with E-state index < -0.39 is 5.54 Å². The number of carbonyl (C=O) groups is 2. The van der Waals surface area contributed by atoms with E-state index in [1.165, 1.54) is 0 Å². The second-order valence-corrected chi connectivity index (χ2v) is 8.03.